The maximum atomic E-state index is 13.6. The van der Waals surface area contributed by atoms with Gasteiger partial charge in [0.2, 0.25) is 5.91 Å². The highest BCUT2D eigenvalue weighted by Crippen LogP contribution is 2.40. The zero-order valence-electron chi connectivity index (χ0n) is 17.2. The number of ether oxygens (including phenoxy) is 1. The Bertz CT molecular complexity index is 1100. The van der Waals surface area contributed by atoms with Crippen LogP contribution in [0.3, 0.4) is 0 Å². The van der Waals surface area contributed by atoms with Gasteiger partial charge in [0, 0.05) is 24.7 Å². The number of piperidine rings is 1. The number of amides is 1. The lowest BCUT2D eigenvalue weighted by Gasteiger charge is -2.31. The van der Waals surface area contributed by atoms with Crippen molar-refractivity contribution in [3.63, 3.8) is 0 Å². The van der Waals surface area contributed by atoms with Crippen molar-refractivity contribution in [2.75, 3.05) is 20.2 Å². The molecule has 164 valence electrons. The molecule has 0 radical (unpaired) electrons. The van der Waals surface area contributed by atoms with Crippen LogP contribution in [0.25, 0.3) is 11.1 Å². The van der Waals surface area contributed by atoms with Crippen molar-refractivity contribution in [1.29, 1.82) is 0 Å². The highest BCUT2D eigenvalue weighted by molar-refractivity contribution is 5.82. The quantitative estimate of drug-likeness (QED) is 0.606. The number of hydrogen-bond acceptors (Lipinski definition) is 5. The van der Waals surface area contributed by atoms with E-state index in [0.717, 1.165) is 11.6 Å². The summed E-state index contributed by atoms with van der Waals surface area (Å²) in [4.78, 5) is 18.5. The van der Waals surface area contributed by atoms with E-state index in [1.165, 1.54) is 6.92 Å². The number of carbonyl (C=O) groups is 1. The van der Waals surface area contributed by atoms with Gasteiger partial charge in [-0.25, -0.2) is 4.98 Å². The normalized spacial score (nSPS) is 15.5. The van der Waals surface area contributed by atoms with Crippen LogP contribution in [0.1, 0.15) is 41.3 Å². The predicted octanol–water partition coefficient (Wildman–Crippen LogP) is 4.51. The average molecular weight is 433 g/mol. The lowest BCUT2D eigenvalue weighted by molar-refractivity contribution is -0.136. The van der Waals surface area contributed by atoms with E-state index >= 15 is 0 Å². The second-order valence-electron chi connectivity index (χ2n) is 7.74. The summed E-state index contributed by atoms with van der Waals surface area (Å²) in [5, 5.41) is 3.87. The first-order valence-electron chi connectivity index (χ1n) is 10.0. The number of pyridine rings is 1. The summed E-state index contributed by atoms with van der Waals surface area (Å²) in [5.74, 6) is 0.434. The SMILES string of the molecule is COc1cccc(CC(=O)N2CCC(c3noc4nc(C)cc(C(F)(F)F)c34)CC2)c1. The van der Waals surface area contributed by atoms with Gasteiger partial charge in [-0.05, 0) is 43.5 Å². The van der Waals surface area contributed by atoms with Gasteiger partial charge in [-0.15, -0.1) is 0 Å². The molecule has 1 aliphatic rings. The molecule has 0 aliphatic carbocycles. The molecule has 2 aromatic heterocycles. The van der Waals surface area contributed by atoms with Gasteiger partial charge in [0.1, 0.15) is 5.75 Å². The topological polar surface area (TPSA) is 68.5 Å². The maximum Gasteiger partial charge on any atom is 0.417 e. The number of halogens is 3. The molecule has 3 aromatic rings. The molecule has 1 saturated heterocycles. The van der Waals surface area contributed by atoms with E-state index < -0.39 is 11.7 Å². The number of alkyl halides is 3. The lowest BCUT2D eigenvalue weighted by atomic mass is 9.90. The molecule has 0 atom stereocenters. The van der Waals surface area contributed by atoms with E-state index in [-0.39, 0.29) is 40.7 Å². The number of aromatic nitrogens is 2. The molecule has 1 aliphatic heterocycles. The Morgan fingerprint density at radius 1 is 1.26 bits per heavy atom. The van der Waals surface area contributed by atoms with Crippen molar-refractivity contribution < 1.29 is 27.2 Å². The number of fused-ring (bicyclic) bond motifs is 1. The van der Waals surface area contributed by atoms with Gasteiger partial charge in [0.15, 0.2) is 0 Å². The molecule has 0 saturated carbocycles. The van der Waals surface area contributed by atoms with E-state index in [4.69, 9.17) is 9.26 Å². The van der Waals surface area contributed by atoms with Crippen LogP contribution in [0.15, 0.2) is 34.9 Å². The van der Waals surface area contributed by atoms with Crippen molar-refractivity contribution in [2.24, 2.45) is 0 Å². The second-order valence-corrected chi connectivity index (χ2v) is 7.74. The number of hydrogen-bond donors (Lipinski definition) is 0. The summed E-state index contributed by atoms with van der Waals surface area (Å²) in [7, 11) is 1.57. The number of methoxy groups -OCH3 is 1. The van der Waals surface area contributed by atoms with Gasteiger partial charge in [0.05, 0.1) is 30.2 Å². The zero-order valence-corrected chi connectivity index (χ0v) is 17.2. The Morgan fingerprint density at radius 3 is 2.68 bits per heavy atom. The predicted molar refractivity (Wildman–Crippen MR) is 107 cm³/mol. The lowest BCUT2D eigenvalue weighted by Crippen LogP contribution is -2.38. The molecule has 0 bridgehead atoms. The van der Waals surface area contributed by atoms with Crippen LogP contribution in [0.2, 0.25) is 0 Å². The van der Waals surface area contributed by atoms with Crippen molar-refractivity contribution in [3.8, 4) is 5.75 Å². The standard InChI is InChI=1S/C22H22F3N3O3/c1-13-10-17(22(23,24)25)19-20(27-31-21(19)26-13)15-6-8-28(9-7-15)18(29)12-14-4-3-5-16(11-14)30-2/h3-5,10-11,15H,6-9,12H2,1-2H3. The number of nitrogens with zero attached hydrogens (tertiary/aromatic N) is 3. The minimum atomic E-state index is -4.53. The van der Waals surface area contributed by atoms with E-state index in [1.54, 1.807) is 12.0 Å². The molecule has 0 spiro atoms. The molecule has 9 heteroatoms. The molecular formula is C22H22F3N3O3. The van der Waals surface area contributed by atoms with E-state index in [2.05, 4.69) is 10.1 Å². The molecule has 4 rings (SSSR count). The Morgan fingerprint density at radius 2 is 2.00 bits per heavy atom. The Hall–Kier alpha value is -3.10. The molecule has 1 aromatic carbocycles. The van der Waals surface area contributed by atoms with Gasteiger partial charge < -0.3 is 14.2 Å². The highest BCUT2D eigenvalue weighted by atomic mass is 19.4. The molecule has 3 heterocycles. The first-order chi connectivity index (χ1) is 14.8. The smallest absolute Gasteiger partial charge is 0.417 e. The molecule has 6 nitrogen and oxygen atoms in total. The fourth-order valence-corrected chi connectivity index (χ4v) is 4.07. The van der Waals surface area contributed by atoms with Gasteiger partial charge >= 0.3 is 6.18 Å². The van der Waals surface area contributed by atoms with E-state index in [9.17, 15) is 18.0 Å². The van der Waals surface area contributed by atoms with Crippen molar-refractivity contribution in [2.45, 2.75) is 38.3 Å². The Kier molecular flexibility index (Phi) is 5.60. The third-order valence-electron chi connectivity index (χ3n) is 5.63. The minimum absolute atomic E-state index is 0.0232. The first kappa shape index (κ1) is 21.1. The summed E-state index contributed by atoms with van der Waals surface area (Å²) < 4.78 is 51.1. The second kappa shape index (κ2) is 8.20. The number of rotatable bonds is 4. The third kappa shape index (κ3) is 4.35. The van der Waals surface area contributed by atoms with Gasteiger partial charge in [-0.1, -0.05) is 17.3 Å². The molecule has 1 amide bonds. The van der Waals surface area contributed by atoms with Crippen molar-refractivity contribution in [1.82, 2.24) is 15.0 Å². The Balaban J connectivity index is 1.49. The fraction of sp³-hybridized carbons (Fsp3) is 0.409. The maximum absolute atomic E-state index is 13.6. The van der Waals surface area contributed by atoms with Crippen LogP contribution in [0.5, 0.6) is 5.75 Å². The third-order valence-corrected chi connectivity index (χ3v) is 5.63. The minimum Gasteiger partial charge on any atom is -0.497 e. The van der Waals surface area contributed by atoms with E-state index in [0.29, 0.717) is 31.7 Å². The van der Waals surface area contributed by atoms with Crippen LogP contribution < -0.4 is 4.74 Å². The molecule has 0 unspecified atom stereocenters. The summed E-state index contributed by atoms with van der Waals surface area (Å²) >= 11 is 0. The number of carbonyl (C=O) groups excluding carboxylic acids is 1. The van der Waals surface area contributed by atoms with Crippen molar-refractivity contribution >= 4 is 17.0 Å². The van der Waals surface area contributed by atoms with Gasteiger partial charge in [-0.3, -0.25) is 4.79 Å². The van der Waals surface area contributed by atoms with Crippen LogP contribution in [0, 0.1) is 6.92 Å². The van der Waals surface area contributed by atoms with Crippen LogP contribution in [0.4, 0.5) is 13.2 Å². The average Bonchev–Trinajstić information content (AvgIpc) is 3.16. The first-order valence-corrected chi connectivity index (χ1v) is 10.0. The van der Waals surface area contributed by atoms with Gasteiger partial charge in [-0.2, -0.15) is 13.2 Å². The summed E-state index contributed by atoms with van der Waals surface area (Å²) in [6.45, 7) is 2.38. The zero-order chi connectivity index (χ0) is 22.2. The largest absolute Gasteiger partial charge is 0.497 e. The number of benzene rings is 1. The van der Waals surface area contributed by atoms with Crippen LogP contribution in [-0.4, -0.2) is 41.1 Å². The summed E-state index contributed by atoms with van der Waals surface area (Å²) in [5.41, 5.74) is 0.474. The summed E-state index contributed by atoms with van der Waals surface area (Å²) in [6, 6.07) is 8.35. The number of aryl methyl sites for hydroxylation is 1. The van der Waals surface area contributed by atoms with Gasteiger partial charge in [0.25, 0.3) is 5.71 Å². The van der Waals surface area contributed by atoms with E-state index in [1.807, 2.05) is 24.3 Å². The van der Waals surface area contributed by atoms with Crippen LogP contribution >= 0.6 is 0 Å². The highest BCUT2D eigenvalue weighted by Gasteiger charge is 2.37. The molecule has 0 N–H and O–H groups in total. The van der Waals surface area contributed by atoms with Crippen molar-refractivity contribution in [3.05, 3.63) is 52.8 Å². The number of likely N-dealkylation sites (tertiary alicyclic amines) is 1. The summed E-state index contributed by atoms with van der Waals surface area (Å²) in [6.07, 6.45) is -3.26. The monoisotopic (exact) mass is 433 g/mol. The van der Waals surface area contributed by atoms with Crippen LogP contribution in [-0.2, 0) is 17.4 Å². The molecule has 31 heavy (non-hydrogen) atoms. The molecule has 1 fully saturated rings. The Labute approximate surface area is 177 Å². The molecular weight excluding hydrogens is 411 g/mol. The fourth-order valence-electron chi connectivity index (χ4n) is 4.07.